The molecule has 0 heterocycles. The van der Waals surface area contributed by atoms with Crippen LogP contribution in [0, 0.1) is 0 Å². The van der Waals surface area contributed by atoms with Crippen molar-refractivity contribution in [1.82, 2.24) is 10.2 Å². The molecule has 108 valence electrons. The molecule has 1 aromatic carbocycles. The van der Waals surface area contributed by atoms with E-state index >= 15 is 0 Å². The van der Waals surface area contributed by atoms with Crippen molar-refractivity contribution in [2.75, 3.05) is 47.5 Å². The topological polar surface area (TPSA) is 33.7 Å². The lowest BCUT2D eigenvalue weighted by Crippen LogP contribution is -2.33. The summed E-state index contributed by atoms with van der Waals surface area (Å²) < 4.78 is 10.7. The fraction of sp³-hybridized carbons (Fsp3) is 0.600. The van der Waals surface area contributed by atoms with Gasteiger partial charge in [0.05, 0.1) is 13.7 Å². The minimum absolute atomic E-state index is 0.293. The Morgan fingerprint density at radius 3 is 2.79 bits per heavy atom. The van der Waals surface area contributed by atoms with Crippen LogP contribution in [0.4, 0.5) is 0 Å². The van der Waals surface area contributed by atoms with Gasteiger partial charge in [-0.3, -0.25) is 0 Å². The minimum atomic E-state index is 0.293. The zero-order chi connectivity index (χ0) is 14.1. The van der Waals surface area contributed by atoms with Crippen molar-refractivity contribution in [2.45, 2.75) is 13.0 Å². The molecule has 1 aromatic rings. The summed E-state index contributed by atoms with van der Waals surface area (Å²) in [7, 11) is 5.80. The number of methoxy groups -OCH3 is 1. The van der Waals surface area contributed by atoms with Gasteiger partial charge in [0.15, 0.2) is 0 Å². The summed E-state index contributed by atoms with van der Waals surface area (Å²) >= 11 is 0. The van der Waals surface area contributed by atoms with Gasteiger partial charge in [-0.15, -0.1) is 0 Å². The third-order valence-corrected chi connectivity index (χ3v) is 3.16. The Morgan fingerprint density at radius 1 is 1.37 bits per heavy atom. The maximum absolute atomic E-state index is 5.38. The van der Waals surface area contributed by atoms with E-state index in [0.29, 0.717) is 6.04 Å². The average Bonchev–Trinajstić information content (AvgIpc) is 2.45. The zero-order valence-corrected chi connectivity index (χ0v) is 12.5. The number of rotatable bonds is 9. The molecular weight excluding hydrogens is 240 g/mol. The molecule has 0 saturated heterocycles. The molecule has 0 aromatic heterocycles. The number of nitrogens with zero attached hydrogens (tertiary/aromatic N) is 1. The average molecular weight is 266 g/mol. The second-order valence-electron chi connectivity index (χ2n) is 4.58. The molecule has 1 rings (SSSR count). The highest BCUT2D eigenvalue weighted by Crippen LogP contribution is 2.19. The van der Waals surface area contributed by atoms with Gasteiger partial charge in [0.25, 0.3) is 0 Å². The predicted molar refractivity (Wildman–Crippen MR) is 78.8 cm³/mol. The van der Waals surface area contributed by atoms with Gasteiger partial charge < -0.3 is 19.7 Å². The highest BCUT2D eigenvalue weighted by Gasteiger charge is 2.12. The summed E-state index contributed by atoms with van der Waals surface area (Å²) in [5, 5.41) is 3.35. The SMILES string of the molecule is CCOCCN(C)CC(NC)c1cccc(OC)c1. The van der Waals surface area contributed by atoms with Gasteiger partial charge >= 0.3 is 0 Å². The molecule has 4 nitrogen and oxygen atoms in total. The molecular formula is C15H26N2O2. The molecule has 4 heteroatoms. The van der Waals surface area contributed by atoms with E-state index in [4.69, 9.17) is 9.47 Å². The molecule has 0 bridgehead atoms. The highest BCUT2D eigenvalue weighted by molar-refractivity contribution is 5.30. The van der Waals surface area contributed by atoms with Crippen LogP contribution in [-0.2, 0) is 4.74 Å². The molecule has 1 N–H and O–H groups in total. The van der Waals surface area contributed by atoms with Gasteiger partial charge in [0, 0.05) is 25.7 Å². The summed E-state index contributed by atoms with van der Waals surface area (Å²) in [6.07, 6.45) is 0. The first kappa shape index (κ1) is 16.0. The van der Waals surface area contributed by atoms with Crippen LogP contribution in [0.15, 0.2) is 24.3 Å². The smallest absolute Gasteiger partial charge is 0.119 e. The number of hydrogen-bond donors (Lipinski definition) is 1. The first-order valence-corrected chi connectivity index (χ1v) is 6.78. The van der Waals surface area contributed by atoms with Crippen LogP contribution in [0.1, 0.15) is 18.5 Å². The Kier molecular flexibility index (Phi) is 7.48. The maximum atomic E-state index is 5.38. The molecule has 0 amide bonds. The summed E-state index contributed by atoms with van der Waals surface area (Å²) in [4.78, 5) is 2.27. The Morgan fingerprint density at radius 2 is 2.16 bits per heavy atom. The predicted octanol–water partition coefficient (Wildman–Crippen LogP) is 1.92. The Bertz CT molecular complexity index is 358. The zero-order valence-electron chi connectivity index (χ0n) is 12.5. The summed E-state index contributed by atoms with van der Waals surface area (Å²) in [6, 6.07) is 8.49. The van der Waals surface area contributed by atoms with Crippen molar-refractivity contribution in [3.05, 3.63) is 29.8 Å². The van der Waals surface area contributed by atoms with Gasteiger partial charge in [-0.25, -0.2) is 0 Å². The Balaban J connectivity index is 2.56. The van der Waals surface area contributed by atoms with Crippen molar-refractivity contribution in [3.8, 4) is 5.75 Å². The van der Waals surface area contributed by atoms with Crippen LogP contribution in [0.5, 0.6) is 5.75 Å². The monoisotopic (exact) mass is 266 g/mol. The maximum Gasteiger partial charge on any atom is 0.119 e. The third kappa shape index (κ3) is 5.59. The molecule has 0 radical (unpaired) electrons. The Hall–Kier alpha value is -1.10. The first-order chi connectivity index (χ1) is 9.21. The summed E-state index contributed by atoms with van der Waals surface area (Å²) in [5.41, 5.74) is 1.24. The number of likely N-dealkylation sites (N-methyl/N-ethyl adjacent to an activating group) is 2. The molecule has 0 aliphatic heterocycles. The van der Waals surface area contributed by atoms with Gasteiger partial charge in [-0.05, 0) is 38.7 Å². The number of ether oxygens (including phenoxy) is 2. The lowest BCUT2D eigenvalue weighted by atomic mass is 10.1. The van der Waals surface area contributed by atoms with Crippen LogP contribution >= 0.6 is 0 Å². The quantitative estimate of drug-likeness (QED) is 0.692. The normalized spacial score (nSPS) is 12.7. The molecule has 0 aliphatic rings. The standard InChI is InChI=1S/C15H26N2O2/c1-5-19-10-9-17(3)12-15(16-2)13-7-6-8-14(11-13)18-4/h6-8,11,15-16H,5,9-10,12H2,1-4H3. The fourth-order valence-corrected chi connectivity index (χ4v) is 1.99. The van der Waals surface area contributed by atoms with Crippen molar-refractivity contribution in [3.63, 3.8) is 0 Å². The van der Waals surface area contributed by atoms with Crippen LogP contribution < -0.4 is 10.1 Å². The van der Waals surface area contributed by atoms with Crippen molar-refractivity contribution >= 4 is 0 Å². The van der Waals surface area contributed by atoms with Crippen molar-refractivity contribution in [1.29, 1.82) is 0 Å². The molecule has 1 atom stereocenters. The van der Waals surface area contributed by atoms with Crippen molar-refractivity contribution < 1.29 is 9.47 Å². The first-order valence-electron chi connectivity index (χ1n) is 6.78. The van der Waals surface area contributed by atoms with E-state index in [0.717, 1.165) is 32.1 Å². The van der Waals surface area contributed by atoms with E-state index in [1.54, 1.807) is 7.11 Å². The van der Waals surface area contributed by atoms with Crippen molar-refractivity contribution in [2.24, 2.45) is 0 Å². The molecule has 0 spiro atoms. The molecule has 0 fully saturated rings. The van der Waals surface area contributed by atoms with Crippen LogP contribution in [-0.4, -0.2) is 52.4 Å². The number of hydrogen-bond acceptors (Lipinski definition) is 4. The lowest BCUT2D eigenvalue weighted by molar-refractivity contribution is 0.119. The lowest BCUT2D eigenvalue weighted by Gasteiger charge is -2.24. The summed E-state index contributed by atoms with van der Waals surface area (Å²) in [6.45, 7) is 5.46. The number of benzene rings is 1. The third-order valence-electron chi connectivity index (χ3n) is 3.16. The van der Waals surface area contributed by atoms with E-state index < -0.39 is 0 Å². The van der Waals surface area contributed by atoms with Crippen LogP contribution in [0.25, 0.3) is 0 Å². The van der Waals surface area contributed by atoms with Gasteiger partial charge in [-0.1, -0.05) is 12.1 Å². The highest BCUT2D eigenvalue weighted by atomic mass is 16.5. The van der Waals surface area contributed by atoms with E-state index in [1.807, 2.05) is 26.1 Å². The molecule has 19 heavy (non-hydrogen) atoms. The Labute approximate surface area is 116 Å². The van der Waals surface area contributed by atoms with Gasteiger partial charge in [-0.2, -0.15) is 0 Å². The molecule has 1 unspecified atom stereocenters. The van der Waals surface area contributed by atoms with E-state index in [9.17, 15) is 0 Å². The molecule has 0 aliphatic carbocycles. The van der Waals surface area contributed by atoms with E-state index in [2.05, 4.69) is 29.4 Å². The molecule has 0 saturated carbocycles. The number of nitrogens with one attached hydrogen (secondary N) is 1. The van der Waals surface area contributed by atoms with E-state index in [1.165, 1.54) is 5.56 Å². The minimum Gasteiger partial charge on any atom is -0.497 e. The van der Waals surface area contributed by atoms with E-state index in [-0.39, 0.29) is 0 Å². The van der Waals surface area contributed by atoms with Crippen LogP contribution in [0.3, 0.4) is 0 Å². The van der Waals surface area contributed by atoms with Crippen LogP contribution in [0.2, 0.25) is 0 Å². The van der Waals surface area contributed by atoms with Gasteiger partial charge in [0.2, 0.25) is 0 Å². The largest absolute Gasteiger partial charge is 0.497 e. The summed E-state index contributed by atoms with van der Waals surface area (Å²) in [5.74, 6) is 0.898. The second kappa shape index (κ2) is 8.91. The van der Waals surface area contributed by atoms with Gasteiger partial charge in [0.1, 0.15) is 5.75 Å². The second-order valence-corrected chi connectivity index (χ2v) is 4.58. The fourth-order valence-electron chi connectivity index (χ4n) is 1.99.